The van der Waals surface area contributed by atoms with Gasteiger partial charge < -0.3 is 0 Å². The minimum absolute atomic E-state index is 0.0465. The first-order valence-corrected chi connectivity index (χ1v) is 7.05. The molecule has 2 rings (SSSR count). The minimum atomic E-state index is -3.74. The van der Waals surface area contributed by atoms with Crippen LogP contribution in [0.15, 0.2) is 29.2 Å². The molecule has 0 radical (unpaired) electrons. The van der Waals surface area contributed by atoms with Gasteiger partial charge in [-0.15, -0.1) is 0 Å². The fourth-order valence-electron chi connectivity index (χ4n) is 1.91. The molecule has 1 heterocycles. The molecule has 0 saturated carbocycles. The number of sulfonamides is 1. The van der Waals surface area contributed by atoms with Crippen molar-refractivity contribution in [2.24, 2.45) is 5.92 Å². The third-order valence-corrected chi connectivity index (χ3v) is 4.96. The molecule has 98 valence electrons. The van der Waals surface area contributed by atoms with Crippen LogP contribution in [-0.2, 0) is 10.0 Å². The zero-order chi connectivity index (χ0) is 13.5. The van der Waals surface area contributed by atoms with Crippen LogP contribution in [-0.4, -0.2) is 30.2 Å². The summed E-state index contributed by atoms with van der Waals surface area (Å²) < 4.78 is 25.8. The quantitative estimate of drug-likeness (QED) is 0.473. The Labute approximate surface area is 105 Å². The number of nitrogens with zero attached hydrogens (tertiary/aromatic N) is 2. The van der Waals surface area contributed by atoms with Crippen molar-refractivity contribution in [1.82, 2.24) is 4.31 Å². The Bertz CT molecular complexity index is 582. The van der Waals surface area contributed by atoms with Gasteiger partial charge in [0.25, 0.3) is 5.69 Å². The molecule has 1 aliphatic rings. The largest absolute Gasteiger partial charge is 0.289 e. The molecular formula is C11H14N2O4S. The molecule has 6 nitrogen and oxygen atoms in total. The van der Waals surface area contributed by atoms with Crippen LogP contribution in [0.2, 0.25) is 0 Å². The lowest BCUT2D eigenvalue weighted by Crippen LogP contribution is -2.18. The molecule has 1 unspecified atom stereocenters. The third kappa shape index (κ3) is 2.11. The number of nitro benzene ring substituents is 1. The van der Waals surface area contributed by atoms with Crippen molar-refractivity contribution < 1.29 is 13.3 Å². The van der Waals surface area contributed by atoms with Crippen molar-refractivity contribution in [2.75, 3.05) is 6.54 Å². The maximum atomic E-state index is 12.3. The van der Waals surface area contributed by atoms with Crippen LogP contribution in [0.25, 0.3) is 0 Å². The predicted octanol–water partition coefficient (Wildman–Crippen LogP) is 1.62. The van der Waals surface area contributed by atoms with E-state index < -0.39 is 14.9 Å². The predicted molar refractivity (Wildman–Crippen MR) is 65.6 cm³/mol. The van der Waals surface area contributed by atoms with Crippen molar-refractivity contribution in [3.05, 3.63) is 34.4 Å². The van der Waals surface area contributed by atoms with Gasteiger partial charge in [0.15, 0.2) is 4.90 Å². The van der Waals surface area contributed by atoms with E-state index in [1.807, 2.05) is 13.8 Å². The number of hydrogen-bond donors (Lipinski definition) is 0. The summed E-state index contributed by atoms with van der Waals surface area (Å²) in [5.41, 5.74) is -0.369. The minimum Gasteiger partial charge on any atom is -0.258 e. The molecular weight excluding hydrogens is 256 g/mol. The zero-order valence-corrected chi connectivity index (χ0v) is 10.9. The zero-order valence-electron chi connectivity index (χ0n) is 10.1. The molecule has 1 aromatic rings. The van der Waals surface area contributed by atoms with Crippen LogP contribution in [0.3, 0.4) is 0 Å². The summed E-state index contributed by atoms with van der Waals surface area (Å²) >= 11 is 0. The number of hydrogen-bond acceptors (Lipinski definition) is 4. The summed E-state index contributed by atoms with van der Waals surface area (Å²) in [5, 5.41) is 10.8. The highest BCUT2D eigenvalue weighted by molar-refractivity contribution is 7.89. The average Bonchev–Trinajstić information content (AvgIpc) is 3.09. The van der Waals surface area contributed by atoms with E-state index in [0.29, 0.717) is 6.54 Å². The highest BCUT2D eigenvalue weighted by Crippen LogP contribution is 2.35. The summed E-state index contributed by atoms with van der Waals surface area (Å²) in [6.07, 6.45) is 0. The second-order valence-corrected chi connectivity index (χ2v) is 6.47. The normalized spacial score (nSPS) is 23.1. The van der Waals surface area contributed by atoms with Crippen LogP contribution >= 0.6 is 0 Å². The SMILES string of the molecule is CC(C)C1C[N@]1S(=O)(=O)c1ccccc1[N+](=O)[O-]. The Morgan fingerprint density at radius 1 is 1.39 bits per heavy atom. The van der Waals surface area contributed by atoms with Crippen LogP contribution in [0.5, 0.6) is 0 Å². The van der Waals surface area contributed by atoms with Gasteiger partial charge in [0, 0.05) is 18.7 Å². The van der Waals surface area contributed by atoms with Crippen LogP contribution in [0.1, 0.15) is 13.8 Å². The Morgan fingerprint density at radius 3 is 2.50 bits per heavy atom. The lowest BCUT2D eigenvalue weighted by atomic mass is 10.1. The monoisotopic (exact) mass is 270 g/mol. The Morgan fingerprint density at radius 2 is 2.00 bits per heavy atom. The number of para-hydroxylation sites is 1. The number of nitro groups is 1. The van der Waals surface area contributed by atoms with E-state index in [-0.39, 0.29) is 22.5 Å². The molecule has 1 fully saturated rings. The van der Waals surface area contributed by atoms with Crippen LogP contribution in [0.4, 0.5) is 5.69 Å². The van der Waals surface area contributed by atoms with Crippen molar-refractivity contribution >= 4 is 15.7 Å². The second-order valence-electron chi connectivity index (χ2n) is 4.61. The summed E-state index contributed by atoms with van der Waals surface area (Å²) in [6.45, 7) is 4.30. The molecule has 0 N–H and O–H groups in total. The molecule has 18 heavy (non-hydrogen) atoms. The first-order chi connectivity index (χ1) is 8.35. The van der Waals surface area contributed by atoms with Crippen molar-refractivity contribution in [2.45, 2.75) is 24.8 Å². The maximum Gasteiger partial charge on any atom is 0.289 e. The molecule has 0 aliphatic carbocycles. The molecule has 0 spiro atoms. The average molecular weight is 270 g/mol. The van der Waals surface area contributed by atoms with Gasteiger partial charge in [-0.3, -0.25) is 10.1 Å². The number of rotatable bonds is 4. The first kappa shape index (κ1) is 13.0. The van der Waals surface area contributed by atoms with E-state index in [4.69, 9.17) is 0 Å². The second kappa shape index (κ2) is 4.33. The van der Waals surface area contributed by atoms with E-state index in [0.717, 1.165) is 0 Å². The van der Waals surface area contributed by atoms with Crippen LogP contribution < -0.4 is 0 Å². The van der Waals surface area contributed by atoms with Gasteiger partial charge in [-0.25, -0.2) is 8.42 Å². The molecule has 1 aromatic carbocycles. The van der Waals surface area contributed by atoms with Crippen molar-refractivity contribution in [3.8, 4) is 0 Å². The topological polar surface area (TPSA) is 80.3 Å². The summed E-state index contributed by atoms with van der Waals surface area (Å²) in [4.78, 5) is 9.96. The highest BCUT2D eigenvalue weighted by Gasteiger charge is 2.47. The maximum absolute atomic E-state index is 12.3. The molecule has 1 aliphatic heterocycles. The molecule has 0 aromatic heterocycles. The lowest BCUT2D eigenvalue weighted by molar-refractivity contribution is -0.387. The van der Waals surface area contributed by atoms with Gasteiger partial charge >= 0.3 is 0 Å². The first-order valence-electron chi connectivity index (χ1n) is 5.61. The molecule has 7 heteroatoms. The Kier molecular flexibility index (Phi) is 3.12. The molecule has 2 atom stereocenters. The highest BCUT2D eigenvalue weighted by atomic mass is 32.2. The van der Waals surface area contributed by atoms with E-state index in [9.17, 15) is 18.5 Å². The number of benzene rings is 1. The van der Waals surface area contributed by atoms with Gasteiger partial charge in [0.05, 0.1) is 4.92 Å². The van der Waals surface area contributed by atoms with Crippen molar-refractivity contribution in [3.63, 3.8) is 0 Å². The van der Waals surface area contributed by atoms with Gasteiger partial charge in [0.2, 0.25) is 10.0 Å². The van der Waals surface area contributed by atoms with E-state index in [2.05, 4.69) is 0 Å². The lowest BCUT2D eigenvalue weighted by Gasteiger charge is -2.08. The fourth-order valence-corrected chi connectivity index (χ4v) is 3.77. The Hall–Kier alpha value is -1.47. The molecule has 0 amide bonds. The summed E-state index contributed by atoms with van der Waals surface area (Å²) in [7, 11) is -3.74. The fraction of sp³-hybridized carbons (Fsp3) is 0.455. The smallest absolute Gasteiger partial charge is 0.258 e. The summed E-state index contributed by atoms with van der Waals surface area (Å²) in [6, 6.07) is 5.40. The Balaban J connectivity index is 2.41. The molecule has 0 bridgehead atoms. The standard InChI is InChI=1S/C11H14N2O4S/c1-8(2)10-7-12(10)18(16,17)11-6-4-3-5-9(11)13(14)15/h3-6,8,10H,7H2,1-2H3/t10?,12-/m0/s1. The molecule has 1 saturated heterocycles. The van der Waals surface area contributed by atoms with Gasteiger partial charge in [-0.05, 0) is 12.0 Å². The third-order valence-electron chi connectivity index (χ3n) is 3.02. The van der Waals surface area contributed by atoms with Crippen LogP contribution in [0, 0.1) is 16.0 Å². The van der Waals surface area contributed by atoms with E-state index >= 15 is 0 Å². The van der Waals surface area contributed by atoms with Crippen molar-refractivity contribution in [1.29, 1.82) is 0 Å². The van der Waals surface area contributed by atoms with Gasteiger partial charge in [-0.2, -0.15) is 4.31 Å². The van der Waals surface area contributed by atoms with Gasteiger partial charge in [0.1, 0.15) is 0 Å². The summed E-state index contributed by atoms with van der Waals surface area (Å²) in [5.74, 6) is 0.211. The van der Waals surface area contributed by atoms with Gasteiger partial charge in [-0.1, -0.05) is 26.0 Å². The van der Waals surface area contributed by atoms with E-state index in [1.165, 1.54) is 28.6 Å². The van der Waals surface area contributed by atoms with E-state index in [1.54, 1.807) is 0 Å².